The Balaban J connectivity index is 1.87. The van der Waals surface area contributed by atoms with Crippen LogP contribution in [-0.2, 0) is 6.18 Å². The third-order valence-corrected chi connectivity index (χ3v) is 4.08. The Bertz CT molecular complexity index is 1060. The summed E-state index contributed by atoms with van der Waals surface area (Å²) in [5, 5.41) is 8.77. The zero-order chi connectivity index (χ0) is 21.2. The fraction of sp³-hybridized carbons (Fsp3) is 0.176. The van der Waals surface area contributed by atoms with E-state index in [1.165, 1.54) is 12.3 Å². The first kappa shape index (κ1) is 21.4. The van der Waals surface area contributed by atoms with Crippen molar-refractivity contribution in [1.82, 2.24) is 20.3 Å². The van der Waals surface area contributed by atoms with Crippen molar-refractivity contribution >= 4 is 68.4 Å². The van der Waals surface area contributed by atoms with Crippen molar-refractivity contribution < 1.29 is 17.6 Å². The molecule has 3 N–H and O–H groups in total. The lowest BCUT2D eigenvalue weighted by atomic mass is 10.1. The van der Waals surface area contributed by atoms with E-state index in [0.717, 1.165) is 6.07 Å². The molecule has 29 heavy (non-hydrogen) atoms. The fourth-order valence-corrected chi connectivity index (χ4v) is 3.15. The largest absolute Gasteiger partial charge is 0.419 e. The maximum atomic E-state index is 14.2. The minimum absolute atomic E-state index is 0.0435. The van der Waals surface area contributed by atoms with Crippen LogP contribution in [0.1, 0.15) is 12.5 Å². The third kappa shape index (κ3) is 5.38. The first-order valence-corrected chi connectivity index (χ1v) is 9.77. The molecule has 152 valence electrons. The van der Waals surface area contributed by atoms with Crippen LogP contribution in [0.3, 0.4) is 0 Å². The van der Waals surface area contributed by atoms with Crippen LogP contribution in [0.15, 0.2) is 36.5 Å². The lowest BCUT2D eigenvalue weighted by molar-refractivity contribution is -0.139. The second kappa shape index (κ2) is 8.57. The Morgan fingerprint density at radius 2 is 1.86 bits per heavy atom. The summed E-state index contributed by atoms with van der Waals surface area (Å²) in [6, 6.07) is 6.26. The van der Waals surface area contributed by atoms with Gasteiger partial charge in [-0.15, -0.1) is 0 Å². The average molecular weight is 536 g/mol. The molecule has 0 saturated carbocycles. The van der Waals surface area contributed by atoms with Gasteiger partial charge in [0.25, 0.3) is 0 Å². The number of hydrogen-bond acceptors (Lipinski definition) is 5. The van der Waals surface area contributed by atoms with E-state index in [-0.39, 0.29) is 21.2 Å². The van der Waals surface area contributed by atoms with Gasteiger partial charge in [-0.05, 0) is 43.4 Å². The van der Waals surface area contributed by atoms with E-state index in [2.05, 4.69) is 53.5 Å². The molecule has 6 nitrogen and oxygen atoms in total. The highest BCUT2D eigenvalue weighted by Crippen LogP contribution is 2.34. The van der Waals surface area contributed by atoms with Crippen LogP contribution < -0.4 is 16.0 Å². The molecule has 0 aliphatic carbocycles. The molecule has 0 aliphatic rings. The highest BCUT2D eigenvalue weighted by molar-refractivity contribution is 14.1. The van der Waals surface area contributed by atoms with Crippen LogP contribution in [0, 0.1) is 5.82 Å². The minimum atomic E-state index is -4.80. The highest BCUT2D eigenvalue weighted by Gasteiger charge is 2.34. The number of anilines is 3. The predicted molar refractivity (Wildman–Crippen MR) is 115 cm³/mol. The van der Waals surface area contributed by atoms with Crippen LogP contribution in [-0.4, -0.2) is 24.1 Å². The van der Waals surface area contributed by atoms with E-state index in [0.29, 0.717) is 22.5 Å². The molecule has 0 radical (unpaired) electrons. The molecule has 0 saturated heterocycles. The molecule has 12 heteroatoms. The zero-order valence-corrected chi connectivity index (χ0v) is 17.7. The first-order chi connectivity index (χ1) is 13.6. The predicted octanol–water partition coefficient (Wildman–Crippen LogP) is 4.99. The monoisotopic (exact) mass is 536 g/mol. The lowest BCUT2D eigenvalue weighted by Gasteiger charge is -2.13. The van der Waals surface area contributed by atoms with Gasteiger partial charge in [0.1, 0.15) is 11.3 Å². The van der Waals surface area contributed by atoms with E-state index in [9.17, 15) is 17.6 Å². The molecule has 1 unspecified atom stereocenters. The molecule has 0 aliphatic heterocycles. The Kier molecular flexibility index (Phi) is 6.31. The van der Waals surface area contributed by atoms with Crippen molar-refractivity contribution in [2.75, 3.05) is 10.6 Å². The normalized spacial score (nSPS) is 12.5. The summed E-state index contributed by atoms with van der Waals surface area (Å²) in [7, 11) is 0. The number of benzene rings is 1. The summed E-state index contributed by atoms with van der Waals surface area (Å²) < 4.78 is 52.9. The van der Waals surface area contributed by atoms with E-state index in [1.807, 2.05) is 6.92 Å². The molecule has 0 bridgehead atoms. The molecule has 0 fully saturated rings. The zero-order valence-electron chi connectivity index (χ0n) is 14.7. The SMILES string of the molecule is CC(I)NC(=S)Nc1ccc2ncc(Nc3cccc(C(F)(F)F)c3F)nc2n1. The molecule has 2 aromatic heterocycles. The van der Waals surface area contributed by atoms with E-state index < -0.39 is 17.6 Å². The number of aromatic nitrogens is 3. The maximum Gasteiger partial charge on any atom is 0.419 e. The van der Waals surface area contributed by atoms with Crippen LogP contribution in [0.25, 0.3) is 11.2 Å². The number of thiocarbonyl (C=S) groups is 1. The Labute approximate surface area is 181 Å². The Morgan fingerprint density at radius 1 is 1.14 bits per heavy atom. The van der Waals surface area contributed by atoms with Gasteiger partial charge in [0.2, 0.25) is 0 Å². The van der Waals surface area contributed by atoms with Crippen molar-refractivity contribution in [3.63, 3.8) is 0 Å². The van der Waals surface area contributed by atoms with Crippen molar-refractivity contribution in [1.29, 1.82) is 0 Å². The molecule has 3 rings (SSSR count). The van der Waals surface area contributed by atoms with Crippen molar-refractivity contribution in [3.8, 4) is 0 Å². The minimum Gasteiger partial charge on any atom is -0.351 e. The maximum absolute atomic E-state index is 14.2. The van der Waals surface area contributed by atoms with Gasteiger partial charge in [-0.1, -0.05) is 28.7 Å². The van der Waals surface area contributed by atoms with Crippen molar-refractivity contribution in [2.45, 2.75) is 17.1 Å². The third-order valence-electron chi connectivity index (χ3n) is 3.55. The molecule has 0 spiro atoms. The van der Waals surface area contributed by atoms with Gasteiger partial charge >= 0.3 is 6.18 Å². The average Bonchev–Trinajstić information content (AvgIpc) is 2.61. The summed E-state index contributed by atoms with van der Waals surface area (Å²) in [4.78, 5) is 12.6. The van der Waals surface area contributed by atoms with Gasteiger partial charge in [0.15, 0.2) is 22.4 Å². The standard InChI is InChI=1S/C17H13F4IN6S/c1-8(22)24-16(29)28-12-6-5-11-15(26-12)27-13(7-23-11)25-10-4-2-3-9(14(10)18)17(19,20)21/h2-8H,1H3,(H3,24,25,26,27,28,29). The molecule has 1 atom stereocenters. The number of nitrogens with zero attached hydrogens (tertiary/aromatic N) is 3. The molecule has 1 aromatic carbocycles. The number of pyridine rings is 1. The number of hydrogen-bond donors (Lipinski definition) is 3. The van der Waals surface area contributed by atoms with Crippen molar-refractivity contribution in [2.24, 2.45) is 0 Å². The number of fused-ring (bicyclic) bond motifs is 1. The van der Waals surface area contributed by atoms with Gasteiger partial charge in [-0.3, -0.25) is 0 Å². The van der Waals surface area contributed by atoms with E-state index in [4.69, 9.17) is 12.2 Å². The molecule has 2 heterocycles. The van der Waals surface area contributed by atoms with E-state index >= 15 is 0 Å². The second-order valence-electron chi connectivity index (χ2n) is 5.80. The summed E-state index contributed by atoms with van der Waals surface area (Å²) in [5.74, 6) is -0.972. The Morgan fingerprint density at radius 3 is 2.55 bits per heavy atom. The van der Waals surface area contributed by atoms with Gasteiger partial charge in [0.05, 0.1) is 21.5 Å². The fourth-order valence-electron chi connectivity index (χ4n) is 2.35. The quantitative estimate of drug-likeness (QED) is 0.143. The molecule has 0 amide bonds. The van der Waals surface area contributed by atoms with Crippen LogP contribution in [0.4, 0.5) is 34.9 Å². The van der Waals surface area contributed by atoms with Crippen molar-refractivity contribution in [3.05, 3.63) is 47.9 Å². The smallest absolute Gasteiger partial charge is 0.351 e. The molecular formula is C17H13F4IN6S. The van der Waals surface area contributed by atoms with Crippen LogP contribution >= 0.6 is 34.8 Å². The summed E-state index contributed by atoms with van der Waals surface area (Å²) in [6.45, 7) is 1.92. The lowest BCUT2D eigenvalue weighted by Crippen LogP contribution is -2.32. The van der Waals surface area contributed by atoms with Gasteiger partial charge in [-0.25, -0.2) is 19.3 Å². The van der Waals surface area contributed by atoms with Crippen LogP contribution in [0.2, 0.25) is 0 Å². The molecule has 3 aromatic rings. The second-order valence-corrected chi connectivity index (χ2v) is 8.08. The highest BCUT2D eigenvalue weighted by atomic mass is 127. The first-order valence-electron chi connectivity index (χ1n) is 8.11. The number of halogens is 5. The molecular weight excluding hydrogens is 523 g/mol. The summed E-state index contributed by atoms with van der Waals surface area (Å²) in [6.07, 6.45) is -3.53. The van der Waals surface area contributed by atoms with Gasteiger partial charge in [0, 0.05) is 0 Å². The van der Waals surface area contributed by atoms with Gasteiger partial charge in [-0.2, -0.15) is 13.2 Å². The van der Waals surface area contributed by atoms with E-state index in [1.54, 1.807) is 12.1 Å². The summed E-state index contributed by atoms with van der Waals surface area (Å²) in [5.41, 5.74) is -1.08. The van der Waals surface area contributed by atoms with Crippen LogP contribution in [0.5, 0.6) is 0 Å². The van der Waals surface area contributed by atoms with Gasteiger partial charge < -0.3 is 16.0 Å². The topological polar surface area (TPSA) is 74.8 Å². The number of rotatable bonds is 4. The number of alkyl halides is 4. The number of nitrogens with one attached hydrogen (secondary N) is 3. The summed E-state index contributed by atoms with van der Waals surface area (Å²) >= 11 is 7.30. The Hall–Kier alpha value is -2.35.